The maximum absolute atomic E-state index is 12.0. The smallest absolute Gasteiger partial charge is 0.410 e. The topological polar surface area (TPSA) is 82.1 Å². The molecule has 0 unspecified atom stereocenters. The third-order valence-electron chi connectivity index (χ3n) is 4.65. The molecule has 1 aliphatic heterocycles. The fourth-order valence-corrected chi connectivity index (χ4v) is 3.01. The van der Waals surface area contributed by atoms with E-state index in [1.54, 1.807) is 20.8 Å². The molecule has 7 heteroatoms. The van der Waals surface area contributed by atoms with Gasteiger partial charge in [-0.2, -0.15) is 0 Å². The first-order chi connectivity index (χ1) is 10.5. The van der Waals surface area contributed by atoms with Gasteiger partial charge >= 0.3 is 12.1 Å². The SMILES string of the molecule is CN(C)C1CC(CNC2(C(=O)O)CN(C(=O)OC(C)(C)C)C2)C1. The van der Waals surface area contributed by atoms with Crippen LogP contribution in [0.2, 0.25) is 0 Å². The lowest BCUT2D eigenvalue weighted by Crippen LogP contribution is -2.75. The molecule has 2 aliphatic rings. The molecular weight excluding hydrogens is 298 g/mol. The van der Waals surface area contributed by atoms with Gasteiger partial charge in [-0.3, -0.25) is 10.1 Å². The molecule has 0 aromatic carbocycles. The monoisotopic (exact) mass is 327 g/mol. The second kappa shape index (κ2) is 6.28. The average Bonchev–Trinajstić information content (AvgIpc) is 2.25. The fourth-order valence-electron chi connectivity index (χ4n) is 3.01. The summed E-state index contributed by atoms with van der Waals surface area (Å²) < 4.78 is 5.27. The molecule has 2 rings (SSSR count). The van der Waals surface area contributed by atoms with Crippen LogP contribution in [0.1, 0.15) is 33.6 Å². The molecule has 132 valence electrons. The van der Waals surface area contributed by atoms with Gasteiger partial charge in [0, 0.05) is 6.04 Å². The van der Waals surface area contributed by atoms with Gasteiger partial charge in [0.25, 0.3) is 0 Å². The Kier molecular flexibility index (Phi) is 4.92. The zero-order valence-electron chi connectivity index (χ0n) is 14.8. The lowest BCUT2D eigenvalue weighted by atomic mass is 9.78. The largest absolute Gasteiger partial charge is 0.480 e. The number of amides is 1. The summed E-state index contributed by atoms with van der Waals surface area (Å²) in [4.78, 5) is 27.2. The van der Waals surface area contributed by atoms with Gasteiger partial charge in [-0.15, -0.1) is 0 Å². The first-order valence-electron chi connectivity index (χ1n) is 8.15. The van der Waals surface area contributed by atoms with Crippen molar-refractivity contribution in [2.45, 2.75) is 50.8 Å². The van der Waals surface area contributed by atoms with E-state index in [0.717, 1.165) is 12.8 Å². The van der Waals surface area contributed by atoms with E-state index >= 15 is 0 Å². The maximum Gasteiger partial charge on any atom is 0.410 e. The Bertz CT molecular complexity index is 460. The number of rotatable bonds is 5. The van der Waals surface area contributed by atoms with Gasteiger partial charge in [-0.25, -0.2) is 4.79 Å². The number of nitrogens with one attached hydrogen (secondary N) is 1. The zero-order valence-corrected chi connectivity index (χ0v) is 14.8. The number of aliphatic carboxylic acids is 1. The summed E-state index contributed by atoms with van der Waals surface area (Å²) in [5.41, 5.74) is -1.60. The minimum atomic E-state index is -1.03. The van der Waals surface area contributed by atoms with Gasteiger partial charge in [-0.1, -0.05) is 0 Å². The summed E-state index contributed by atoms with van der Waals surface area (Å²) in [5, 5.41) is 12.7. The fraction of sp³-hybridized carbons (Fsp3) is 0.875. The molecule has 2 fully saturated rings. The quantitative estimate of drug-likeness (QED) is 0.784. The molecular formula is C16H29N3O4. The second-order valence-corrected chi connectivity index (χ2v) is 8.06. The summed E-state index contributed by atoms with van der Waals surface area (Å²) in [5.74, 6) is -0.394. The normalized spacial score (nSPS) is 26.4. The number of hydrogen-bond donors (Lipinski definition) is 2. The molecule has 0 aromatic heterocycles. The minimum absolute atomic E-state index is 0.154. The van der Waals surface area contributed by atoms with Crippen LogP contribution >= 0.6 is 0 Å². The highest BCUT2D eigenvalue weighted by Gasteiger charge is 2.52. The molecule has 0 radical (unpaired) electrons. The van der Waals surface area contributed by atoms with Crippen molar-refractivity contribution in [2.24, 2.45) is 5.92 Å². The lowest BCUT2D eigenvalue weighted by Gasteiger charge is -2.49. The Morgan fingerprint density at radius 1 is 1.30 bits per heavy atom. The molecule has 1 saturated carbocycles. The van der Waals surface area contributed by atoms with Crippen LogP contribution in [0, 0.1) is 5.92 Å². The Labute approximate surface area is 138 Å². The van der Waals surface area contributed by atoms with Crippen LogP contribution < -0.4 is 5.32 Å². The van der Waals surface area contributed by atoms with Crippen LogP contribution in [0.25, 0.3) is 0 Å². The summed E-state index contributed by atoms with van der Waals surface area (Å²) in [7, 11) is 4.13. The van der Waals surface area contributed by atoms with Crippen molar-refractivity contribution >= 4 is 12.1 Å². The number of ether oxygens (including phenoxy) is 1. The van der Waals surface area contributed by atoms with Crippen molar-refractivity contribution in [2.75, 3.05) is 33.7 Å². The summed E-state index contributed by atoms with van der Waals surface area (Å²) in [6.07, 6.45) is 1.73. The molecule has 0 bridgehead atoms. The number of nitrogens with zero attached hydrogens (tertiary/aromatic N) is 2. The van der Waals surface area contributed by atoms with Crippen LogP contribution in [0.3, 0.4) is 0 Å². The van der Waals surface area contributed by atoms with Gasteiger partial charge < -0.3 is 19.6 Å². The molecule has 0 aromatic rings. The number of likely N-dealkylation sites (tertiary alicyclic amines) is 1. The molecule has 1 saturated heterocycles. The predicted octanol–water partition coefficient (Wildman–Crippen LogP) is 0.990. The highest BCUT2D eigenvalue weighted by molar-refractivity contribution is 5.84. The molecule has 1 amide bonds. The number of carbonyl (C=O) groups is 2. The van der Waals surface area contributed by atoms with Gasteiger partial charge in [0.05, 0.1) is 13.1 Å². The van der Waals surface area contributed by atoms with Crippen LogP contribution in [-0.4, -0.2) is 77.9 Å². The Morgan fingerprint density at radius 2 is 1.87 bits per heavy atom. The first-order valence-corrected chi connectivity index (χ1v) is 8.15. The van der Waals surface area contributed by atoms with Gasteiger partial charge in [0.15, 0.2) is 5.54 Å². The summed E-state index contributed by atoms with van der Waals surface area (Å²) in [6.45, 7) is 6.38. The van der Waals surface area contributed by atoms with Crippen molar-refractivity contribution in [1.29, 1.82) is 0 Å². The van der Waals surface area contributed by atoms with Gasteiger partial charge in [-0.05, 0) is 60.2 Å². The number of carboxylic acids is 1. The number of hydrogen-bond acceptors (Lipinski definition) is 5. The van der Waals surface area contributed by atoms with E-state index in [1.165, 1.54) is 4.90 Å². The van der Waals surface area contributed by atoms with Gasteiger partial charge in [0.1, 0.15) is 5.60 Å². The van der Waals surface area contributed by atoms with Crippen molar-refractivity contribution in [3.63, 3.8) is 0 Å². The maximum atomic E-state index is 12.0. The third-order valence-corrected chi connectivity index (χ3v) is 4.65. The Balaban J connectivity index is 1.80. The van der Waals surface area contributed by atoms with Crippen molar-refractivity contribution in [3.8, 4) is 0 Å². The first kappa shape index (κ1) is 18.0. The highest BCUT2D eigenvalue weighted by atomic mass is 16.6. The van der Waals surface area contributed by atoms with Gasteiger partial charge in [0.2, 0.25) is 0 Å². The molecule has 1 heterocycles. The number of carbonyl (C=O) groups excluding carboxylic acids is 1. The van der Waals surface area contributed by atoms with E-state index in [2.05, 4.69) is 24.3 Å². The van der Waals surface area contributed by atoms with E-state index in [4.69, 9.17) is 4.74 Å². The molecule has 7 nitrogen and oxygen atoms in total. The molecule has 0 atom stereocenters. The van der Waals surface area contributed by atoms with Crippen LogP contribution in [0.15, 0.2) is 0 Å². The van der Waals surface area contributed by atoms with Crippen LogP contribution in [-0.2, 0) is 9.53 Å². The van der Waals surface area contributed by atoms with E-state index in [0.29, 0.717) is 18.5 Å². The second-order valence-electron chi connectivity index (χ2n) is 8.06. The third kappa shape index (κ3) is 4.14. The van der Waals surface area contributed by atoms with E-state index in [9.17, 15) is 14.7 Å². The summed E-state index contributed by atoms with van der Waals surface area (Å²) >= 11 is 0. The van der Waals surface area contributed by atoms with Crippen LogP contribution in [0.5, 0.6) is 0 Å². The zero-order chi connectivity index (χ0) is 17.4. The molecule has 23 heavy (non-hydrogen) atoms. The standard InChI is InChI=1S/C16H29N3O4/c1-15(2,3)23-14(22)19-9-16(10-19,13(20)21)17-8-11-6-12(7-11)18(4)5/h11-12,17H,6-10H2,1-5H3,(H,20,21). The minimum Gasteiger partial charge on any atom is -0.480 e. The van der Waals surface area contributed by atoms with Crippen molar-refractivity contribution in [3.05, 3.63) is 0 Å². The highest BCUT2D eigenvalue weighted by Crippen LogP contribution is 2.31. The van der Waals surface area contributed by atoms with Crippen molar-refractivity contribution in [1.82, 2.24) is 15.1 Å². The van der Waals surface area contributed by atoms with E-state index in [-0.39, 0.29) is 13.1 Å². The molecule has 0 spiro atoms. The van der Waals surface area contributed by atoms with E-state index in [1.807, 2.05) is 0 Å². The Hall–Kier alpha value is -1.34. The van der Waals surface area contributed by atoms with E-state index < -0.39 is 23.2 Å². The lowest BCUT2D eigenvalue weighted by molar-refractivity contribution is -0.152. The molecule has 2 N–H and O–H groups in total. The average molecular weight is 327 g/mol. The van der Waals surface area contributed by atoms with Crippen LogP contribution in [0.4, 0.5) is 4.79 Å². The predicted molar refractivity (Wildman–Crippen MR) is 86.4 cm³/mol. The van der Waals surface area contributed by atoms with Crippen molar-refractivity contribution < 1.29 is 19.4 Å². The number of carboxylic acid groups (broad SMARTS) is 1. The molecule has 1 aliphatic carbocycles. The Morgan fingerprint density at radius 3 is 2.30 bits per heavy atom. The summed E-state index contributed by atoms with van der Waals surface area (Å²) in [6, 6.07) is 0.599.